The third-order valence-corrected chi connectivity index (χ3v) is 8.00. The summed E-state index contributed by atoms with van der Waals surface area (Å²) in [6, 6.07) is 7.01. The maximum absolute atomic E-state index is 5.66. The van der Waals surface area contributed by atoms with Crippen LogP contribution in [-0.2, 0) is 10.3 Å². The number of ether oxygens (including phenoxy) is 1. The summed E-state index contributed by atoms with van der Waals surface area (Å²) >= 11 is 0. The van der Waals surface area contributed by atoms with Gasteiger partial charge in [0.25, 0.3) is 0 Å². The zero-order chi connectivity index (χ0) is 23.2. The van der Waals surface area contributed by atoms with Crippen molar-refractivity contribution in [2.24, 2.45) is 5.92 Å². The van der Waals surface area contributed by atoms with Crippen LogP contribution in [0.2, 0.25) is 0 Å². The highest BCUT2D eigenvalue weighted by atomic mass is 16.5. The maximum Gasteiger partial charge on any atom is 0.152 e. The molecule has 5 heterocycles. The molecule has 1 unspecified atom stereocenters. The highest BCUT2D eigenvalue weighted by molar-refractivity contribution is 5.53. The van der Waals surface area contributed by atoms with E-state index >= 15 is 0 Å². The largest absolute Gasteiger partial charge is 0.375 e. The van der Waals surface area contributed by atoms with Crippen LogP contribution in [0, 0.1) is 5.92 Å². The van der Waals surface area contributed by atoms with E-state index < -0.39 is 5.54 Å². The van der Waals surface area contributed by atoms with E-state index in [4.69, 9.17) is 9.72 Å². The molecule has 35 heavy (non-hydrogen) atoms. The summed E-state index contributed by atoms with van der Waals surface area (Å²) in [5.74, 6) is 1.54. The first-order valence-electron chi connectivity index (χ1n) is 13.1. The van der Waals surface area contributed by atoms with E-state index in [0.717, 1.165) is 36.1 Å². The molecule has 4 fully saturated rings. The molecule has 9 heteroatoms. The number of nitrogens with zero attached hydrogens (tertiary/aromatic N) is 7. The lowest BCUT2D eigenvalue weighted by Crippen LogP contribution is -2.53. The summed E-state index contributed by atoms with van der Waals surface area (Å²) in [4.78, 5) is 7.37. The van der Waals surface area contributed by atoms with Gasteiger partial charge >= 0.3 is 0 Å². The van der Waals surface area contributed by atoms with Crippen LogP contribution in [0.5, 0.6) is 0 Å². The van der Waals surface area contributed by atoms with E-state index in [0.29, 0.717) is 25.2 Å². The normalized spacial score (nSPS) is 23.8. The van der Waals surface area contributed by atoms with Gasteiger partial charge in [-0.05, 0) is 80.7 Å². The number of nitrogens with one attached hydrogen (secondary N) is 1. The van der Waals surface area contributed by atoms with Gasteiger partial charge in [-0.3, -0.25) is 4.98 Å². The molecule has 2 saturated heterocycles. The topological polar surface area (TPSA) is 93.9 Å². The predicted octanol–water partition coefficient (Wildman–Crippen LogP) is 2.75. The first-order chi connectivity index (χ1) is 17.3. The SMILES string of the molecule is c1nnc(-c2cn(C3(c4ccc(N5CCCC(NCC6CC6)C5)cn4)COC3)nn2)cc1C1CC1. The second-order valence-electron chi connectivity index (χ2n) is 10.8. The summed E-state index contributed by atoms with van der Waals surface area (Å²) in [5, 5.41) is 21.2. The number of pyridine rings is 1. The van der Waals surface area contributed by atoms with E-state index in [1.165, 1.54) is 56.3 Å². The van der Waals surface area contributed by atoms with E-state index in [9.17, 15) is 0 Å². The number of rotatable bonds is 8. The summed E-state index contributed by atoms with van der Waals surface area (Å²) < 4.78 is 7.56. The Bertz CT molecular complexity index is 1180. The first-order valence-corrected chi connectivity index (χ1v) is 13.1. The third kappa shape index (κ3) is 4.21. The van der Waals surface area contributed by atoms with Crippen LogP contribution in [0.1, 0.15) is 55.7 Å². The third-order valence-electron chi connectivity index (χ3n) is 8.00. The average Bonchev–Trinajstić information content (AvgIpc) is 3.82. The molecular weight excluding hydrogens is 440 g/mol. The van der Waals surface area contributed by atoms with Crippen molar-refractivity contribution in [3.05, 3.63) is 48.0 Å². The zero-order valence-electron chi connectivity index (χ0n) is 20.0. The highest BCUT2D eigenvalue weighted by Crippen LogP contribution is 2.40. The molecule has 182 valence electrons. The van der Waals surface area contributed by atoms with Crippen LogP contribution in [0.25, 0.3) is 11.4 Å². The number of anilines is 1. The summed E-state index contributed by atoms with van der Waals surface area (Å²) in [5.41, 5.74) is 4.47. The number of piperidine rings is 1. The molecule has 3 aromatic rings. The minimum absolute atomic E-state index is 0.429. The predicted molar refractivity (Wildman–Crippen MR) is 131 cm³/mol. The minimum Gasteiger partial charge on any atom is -0.375 e. The molecule has 0 aromatic carbocycles. The quantitative estimate of drug-likeness (QED) is 0.535. The van der Waals surface area contributed by atoms with Crippen molar-refractivity contribution in [3.8, 4) is 11.4 Å². The Labute approximate surface area is 205 Å². The molecule has 1 N–H and O–H groups in total. The van der Waals surface area contributed by atoms with Crippen molar-refractivity contribution in [2.45, 2.75) is 56.0 Å². The lowest BCUT2D eigenvalue weighted by Gasteiger charge is -2.40. The lowest BCUT2D eigenvalue weighted by molar-refractivity contribution is -0.0851. The summed E-state index contributed by atoms with van der Waals surface area (Å²) in [6.07, 6.45) is 13.6. The van der Waals surface area contributed by atoms with Gasteiger partial charge in [0.1, 0.15) is 11.4 Å². The summed E-state index contributed by atoms with van der Waals surface area (Å²) in [7, 11) is 0. The van der Waals surface area contributed by atoms with Crippen molar-refractivity contribution in [1.29, 1.82) is 0 Å². The Balaban J connectivity index is 1.08. The van der Waals surface area contributed by atoms with Gasteiger partial charge in [-0.15, -0.1) is 10.2 Å². The molecule has 0 bridgehead atoms. The number of aromatic nitrogens is 6. The second kappa shape index (κ2) is 8.64. The molecule has 0 radical (unpaired) electrons. The van der Waals surface area contributed by atoms with E-state index in [2.05, 4.69) is 48.9 Å². The van der Waals surface area contributed by atoms with Gasteiger partial charge in [0.15, 0.2) is 5.54 Å². The van der Waals surface area contributed by atoms with Gasteiger partial charge in [0.05, 0.1) is 43.2 Å². The van der Waals surface area contributed by atoms with Crippen LogP contribution in [0.4, 0.5) is 5.69 Å². The molecule has 2 aliphatic carbocycles. The smallest absolute Gasteiger partial charge is 0.152 e. The van der Waals surface area contributed by atoms with Crippen LogP contribution in [0.3, 0.4) is 0 Å². The fourth-order valence-electron chi connectivity index (χ4n) is 5.31. The molecule has 9 nitrogen and oxygen atoms in total. The van der Waals surface area contributed by atoms with Crippen molar-refractivity contribution in [3.63, 3.8) is 0 Å². The number of hydrogen-bond donors (Lipinski definition) is 1. The molecule has 3 aromatic heterocycles. The maximum atomic E-state index is 5.66. The van der Waals surface area contributed by atoms with E-state index in [1.807, 2.05) is 23.3 Å². The van der Waals surface area contributed by atoms with Gasteiger partial charge in [-0.25, -0.2) is 4.68 Å². The van der Waals surface area contributed by atoms with Crippen molar-refractivity contribution < 1.29 is 4.74 Å². The molecule has 7 rings (SSSR count). The van der Waals surface area contributed by atoms with Crippen molar-refractivity contribution >= 4 is 5.69 Å². The molecule has 4 aliphatic rings. The van der Waals surface area contributed by atoms with Crippen LogP contribution in [0.15, 0.2) is 36.8 Å². The minimum atomic E-state index is -0.429. The number of hydrogen-bond acceptors (Lipinski definition) is 8. The highest BCUT2D eigenvalue weighted by Gasteiger charge is 2.45. The van der Waals surface area contributed by atoms with Crippen LogP contribution in [-0.4, -0.2) is 69.1 Å². The van der Waals surface area contributed by atoms with E-state index in [-0.39, 0.29) is 0 Å². The van der Waals surface area contributed by atoms with Gasteiger partial charge < -0.3 is 15.0 Å². The van der Waals surface area contributed by atoms with Gasteiger partial charge in [-0.1, -0.05) is 5.21 Å². The Morgan fingerprint density at radius 3 is 2.69 bits per heavy atom. The fourth-order valence-corrected chi connectivity index (χ4v) is 5.31. The van der Waals surface area contributed by atoms with Gasteiger partial charge in [-0.2, -0.15) is 5.10 Å². The zero-order valence-corrected chi connectivity index (χ0v) is 20.0. The average molecular weight is 473 g/mol. The Kier molecular flexibility index (Phi) is 5.28. The molecule has 2 saturated carbocycles. The van der Waals surface area contributed by atoms with Crippen molar-refractivity contribution in [2.75, 3.05) is 37.7 Å². The standard InChI is InChI=1S/C26H32N8O/c1-2-21(27-11-18-3-4-18)14-33(9-1)22-7-8-25(28-13-22)26(16-35-17-26)34-15-24(31-32-34)23-10-20(12-29-30-23)19-5-6-19/h7-8,10,12-13,15,18-19,21,27H,1-6,9,11,14,16-17H2. The summed E-state index contributed by atoms with van der Waals surface area (Å²) in [6.45, 7) is 4.38. The molecule has 1 atom stereocenters. The van der Waals surface area contributed by atoms with Gasteiger partial charge in [0.2, 0.25) is 0 Å². The lowest BCUT2D eigenvalue weighted by atomic mass is 9.92. The van der Waals surface area contributed by atoms with Crippen LogP contribution < -0.4 is 10.2 Å². The Morgan fingerprint density at radius 2 is 1.94 bits per heavy atom. The molecular formula is C26H32N8O. The Hall–Kier alpha value is -2.91. The van der Waals surface area contributed by atoms with E-state index in [1.54, 1.807) is 0 Å². The molecule has 0 spiro atoms. The van der Waals surface area contributed by atoms with Crippen LogP contribution >= 0.6 is 0 Å². The fraction of sp³-hybridized carbons (Fsp3) is 0.577. The molecule has 2 aliphatic heterocycles. The van der Waals surface area contributed by atoms with Gasteiger partial charge in [0, 0.05) is 19.1 Å². The second-order valence-corrected chi connectivity index (χ2v) is 10.8. The first kappa shape index (κ1) is 21.4. The van der Waals surface area contributed by atoms with Crippen molar-refractivity contribution in [1.82, 2.24) is 35.5 Å². The molecule has 0 amide bonds. The monoisotopic (exact) mass is 472 g/mol. The Morgan fingerprint density at radius 1 is 1.03 bits per heavy atom.